The second-order valence-corrected chi connectivity index (χ2v) is 6.45. The Morgan fingerprint density at radius 1 is 1.07 bits per heavy atom. The summed E-state index contributed by atoms with van der Waals surface area (Å²) in [4.78, 5) is 0. The van der Waals surface area contributed by atoms with Crippen LogP contribution >= 0.6 is 0 Å². The molecule has 0 amide bonds. The summed E-state index contributed by atoms with van der Waals surface area (Å²) in [6, 6.07) is 6.30. The van der Waals surface area contributed by atoms with Crippen molar-refractivity contribution in [3.63, 3.8) is 0 Å². The van der Waals surface area contributed by atoms with Crippen molar-refractivity contribution in [3.8, 4) is 23.0 Å². The molecule has 1 aliphatic heterocycles. The van der Waals surface area contributed by atoms with Gasteiger partial charge in [-0.2, -0.15) is 18.3 Å². The number of nitrogens with zero attached hydrogens (tertiary/aromatic N) is 4. The van der Waals surface area contributed by atoms with Gasteiger partial charge in [0.1, 0.15) is 6.54 Å². The van der Waals surface area contributed by atoms with Gasteiger partial charge in [-0.25, -0.2) is 0 Å². The van der Waals surface area contributed by atoms with Crippen LogP contribution < -0.4 is 9.47 Å². The normalized spacial score (nSPS) is 16.1. The van der Waals surface area contributed by atoms with Crippen molar-refractivity contribution in [3.05, 3.63) is 41.5 Å². The van der Waals surface area contributed by atoms with Gasteiger partial charge in [0.15, 0.2) is 17.2 Å². The zero-order valence-electron chi connectivity index (χ0n) is 13.9. The smallest absolute Gasteiger partial charge is 0.435 e. The number of hydrogen-bond donors (Lipinski definition) is 0. The molecule has 3 heterocycles. The van der Waals surface area contributed by atoms with E-state index in [-0.39, 0.29) is 31.0 Å². The monoisotopic (exact) mass is 378 g/mol. The number of aromatic nitrogens is 4. The van der Waals surface area contributed by atoms with Crippen LogP contribution in [0.2, 0.25) is 0 Å². The summed E-state index contributed by atoms with van der Waals surface area (Å²) in [5.41, 5.74) is 0.280. The molecule has 2 aliphatic rings. The number of benzene rings is 1. The predicted octanol–water partition coefficient (Wildman–Crippen LogP) is 3.61. The second kappa shape index (κ2) is 5.73. The van der Waals surface area contributed by atoms with E-state index >= 15 is 0 Å². The minimum absolute atomic E-state index is 0.0144. The summed E-state index contributed by atoms with van der Waals surface area (Å²) in [6.07, 6.45) is -2.77. The molecule has 0 saturated heterocycles. The molecule has 0 atom stereocenters. The molecular weight excluding hydrogens is 365 g/mol. The van der Waals surface area contributed by atoms with Crippen LogP contribution in [0, 0.1) is 0 Å². The Morgan fingerprint density at radius 2 is 1.89 bits per heavy atom. The minimum Gasteiger partial charge on any atom is -0.454 e. The Labute approximate surface area is 150 Å². The number of halogens is 3. The number of ether oxygens (including phenoxy) is 2. The van der Waals surface area contributed by atoms with E-state index in [2.05, 4.69) is 15.3 Å². The predicted molar refractivity (Wildman–Crippen MR) is 84.2 cm³/mol. The standard InChI is InChI=1S/C17H13F3N4O3/c18-17(19,20)14-6-11(9-1-2-9)24(23-14)7-15-21-22-16(27-15)10-3-4-12-13(5-10)26-8-25-12/h3-6,9H,1-2,7-8H2. The van der Waals surface area contributed by atoms with Gasteiger partial charge in [-0.05, 0) is 37.1 Å². The fourth-order valence-electron chi connectivity index (χ4n) is 3.00. The SMILES string of the molecule is FC(F)(F)c1cc(C2CC2)n(Cc2nnc(-c3ccc4c(c3)OCO4)o2)n1. The molecule has 1 saturated carbocycles. The van der Waals surface area contributed by atoms with Gasteiger partial charge in [0.25, 0.3) is 0 Å². The lowest BCUT2D eigenvalue weighted by Gasteiger charge is -2.03. The summed E-state index contributed by atoms with van der Waals surface area (Å²) in [6.45, 7) is 0.137. The van der Waals surface area contributed by atoms with E-state index in [0.29, 0.717) is 22.8 Å². The molecule has 0 N–H and O–H groups in total. The molecule has 10 heteroatoms. The van der Waals surface area contributed by atoms with E-state index in [1.807, 2.05) is 0 Å². The number of fused-ring (bicyclic) bond motifs is 1. The van der Waals surface area contributed by atoms with E-state index in [0.717, 1.165) is 18.9 Å². The Hall–Kier alpha value is -3.04. The van der Waals surface area contributed by atoms with Crippen molar-refractivity contribution in [2.75, 3.05) is 6.79 Å². The fraction of sp³-hybridized carbons (Fsp3) is 0.353. The third-order valence-electron chi connectivity index (χ3n) is 4.47. The van der Waals surface area contributed by atoms with E-state index in [4.69, 9.17) is 13.9 Å². The maximum Gasteiger partial charge on any atom is 0.435 e. The van der Waals surface area contributed by atoms with Gasteiger partial charge in [0, 0.05) is 17.2 Å². The second-order valence-electron chi connectivity index (χ2n) is 6.45. The number of rotatable bonds is 4. The highest BCUT2D eigenvalue weighted by Crippen LogP contribution is 2.42. The highest BCUT2D eigenvalue weighted by atomic mass is 19.4. The number of hydrogen-bond acceptors (Lipinski definition) is 6. The summed E-state index contributed by atoms with van der Waals surface area (Å²) in [5, 5.41) is 11.6. The lowest BCUT2D eigenvalue weighted by molar-refractivity contribution is -0.141. The highest BCUT2D eigenvalue weighted by Gasteiger charge is 2.38. The van der Waals surface area contributed by atoms with Crippen LogP contribution in [-0.4, -0.2) is 26.8 Å². The molecule has 140 valence electrons. The van der Waals surface area contributed by atoms with Gasteiger partial charge in [-0.15, -0.1) is 10.2 Å². The summed E-state index contributed by atoms with van der Waals surface area (Å²) in [5.74, 6) is 1.74. The molecule has 7 nitrogen and oxygen atoms in total. The van der Waals surface area contributed by atoms with E-state index in [1.165, 1.54) is 4.68 Å². The van der Waals surface area contributed by atoms with Crippen molar-refractivity contribution in [1.82, 2.24) is 20.0 Å². The lowest BCUT2D eigenvalue weighted by Crippen LogP contribution is -2.09. The van der Waals surface area contributed by atoms with Gasteiger partial charge in [-0.3, -0.25) is 4.68 Å². The Morgan fingerprint density at radius 3 is 2.67 bits per heavy atom. The fourth-order valence-corrected chi connectivity index (χ4v) is 3.00. The lowest BCUT2D eigenvalue weighted by atomic mass is 10.2. The molecule has 0 spiro atoms. The van der Waals surface area contributed by atoms with Crippen molar-refractivity contribution < 1.29 is 27.1 Å². The summed E-state index contributed by atoms with van der Waals surface area (Å²) in [7, 11) is 0. The van der Waals surface area contributed by atoms with Crippen LogP contribution in [0.25, 0.3) is 11.5 Å². The first-order valence-corrected chi connectivity index (χ1v) is 8.35. The first-order chi connectivity index (χ1) is 13.0. The van der Waals surface area contributed by atoms with Crippen LogP contribution in [0.15, 0.2) is 28.7 Å². The molecule has 0 radical (unpaired) electrons. The molecular formula is C17H13F3N4O3. The molecule has 0 bridgehead atoms. The maximum absolute atomic E-state index is 13.0. The molecule has 1 aliphatic carbocycles. The van der Waals surface area contributed by atoms with Crippen molar-refractivity contribution >= 4 is 0 Å². The van der Waals surface area contributed by atoms with Gasteiger partial charge >= 0.3 is 6.18 Å². The Balaban J connectivity index is 1.42. The molecule has 1 aromatic carbocycles. The van der Waals surface area contributed by atoms with Gasteiger partial charge in [0.05, 0.1) is 0 Å². The van der Waals surface area contributed by atoms with Crippen LogP contribution in [0.1, 0.15) is 36.0 Å². The Kier molecular flexibility index (Phi) is 3.43. The molecule has 2 aromatic heterocycles. The Bertz CT molecular complexity index is 1010. The van der Waals surface area contributed by atoms with Crippen LogP contribution in [0.4, 0.5) is 13.2 Å². The van der Waals surface area contributed by atoms with Crippen molar-refractivity contribution in [2.45, 2.75) is 31.5 Å². The molecule has 0 unspecified atom stereocenters. The molecule has 3 aromatic rings. The van der Waals surface area contributed by atoms with E-state index in [9.17, 15) is 13.2 Å². The topological polar surface area (TPSA) is 75.2 Å². The largest absolute Gasteiger partial charge is 0.454 e. The summed E-state index contributed by atoms with van der Waals surface area (Å²) >= 11 is 0. The van der Waals surface area contributed by atoms with Crippen molar-refractivity contribution in [1.29, 1.82) is 0 Å². The molecule has 1 fully saturated rings. The highest BCUT2D eigenvalue weighted by molar-refractivity contribution is 5.60. The van der Waals surface area contributed by atoms with E-state index in [1.54, 1.807) is 18.2 Å². The average molecular weight is 378 g/mol. The maximum atomic E-state index is 13.0. The third kappa shape index (κ3) is 3.00. The average Bonchev–Trinajstić information content (AvgIpc) is 3.05. The first kappa shape index (κ1) is 16.2. The zero-order valence-corrected chi connectivity index (χ0v) is 13.9. The van der Waals surface area contributed by atoms with Crippen LogP contribution in [0.3, 0.4) is 0 Å². The quantitative estimate of drug-likeness (QED) is 0.691. The minimum atomic E-state index is -4.48. The summed E-state index contributed by atoms with van der Waals surface area (Å²) < 4.78 is 56.5. The van der Waals surface area contributed by atoms with E-state index < -0.39 is 11.9 Å². The van der Waals surface area contributed by atoms with Crippen molar-refractivity contribution in [2.24, 2.45) is 0 Å². The third-order valence-corrected chi connectivity index (χ3v) is 4.47. The van der Waals surface area contributed by atoms with Crippen LogP contribution in [-0.2, 0) is 12.7 Å². The van der Waals surface area contributed by atoms with Gasteiger partial charge in [-0.1, -0.05) is 0 Å². The zero-order chi connectivity index (χ0) is 18.6. The van der Waals surface area contributed by atoms with Gasteiger partial charge < -0.3 is 13.9 Å². The first-order valence-electron chi connectivity index (χ1n) is 8.35. The molecule has 5 rings (SSSR count). The van der Waals surface area contributed by atoms with Gasteiger partial charge in [0.2, 0.25) is 18.6 Å². The van der Waals surface area contributed by atoms with Crippen LogP contribution in [0.5, 0.6) is 11.5 Å². The number of alkyl halides is 3. The molecule has 27 heavy (non-hydrogen) atoms.